The first kappa shape index (κ1) is 14.9. The summed E-state index contributed by atoms with van der Waals surface area (Å²) >= 11 is 0. The second-order valence-electron chi connectivity index (χ2n) is 4.46. The Morgan fingerprint density at radius 2 is 1.73 bits per heavy atom. The molecule has 0 aliphatic carbocycles. The van der Waals surface area contributed by atoms with Gasteiger partial charge in [0.25, 0.3) is 0 Å². The summed E-state index contributed by atoms with van der Waals surface area (Å²) < 4.78 is 0. The van der Waals surface area contributed by atoms with Crippen LogP contribution in [0.25, 0.3) is 0 Å². The number of hydrogen-bond acceptors (Lipinski definition) is 3. The van der Waals surface area contributed by atoms with Gasteiger partial charge in [-0.2, -0.15) is 0 Å². The van der Waals surface area contributed by atoms with Crippen LogP contribution in [0.4, 0.5) is 0 Å². The van der Waals surface area contributed by atoms with E-state index in [0.29, 0.717) is 12.6 Å². The minimum Gasteiger partial charge on any atom is -0.396 e. The smallest absolute Gasteiger partial charge is 0.0431 e. The van der Waals surface area contributed by atoms with E-state index in [1.54, 1.807) is 0 Å². The van der Waals surface area contributed by atoms with Crippen molar-refractivity contribution < 1.29 is 5.11 Å². The monoisotopic (exact) mass is 216 g/mol. The van der Waals surface area contributed by atoms with Crippen LogP contribution in [0.5, 0.6) is 0 Å². The van der Waals surface area contributed by atoms with Gasteiger partial charge in [0.2, 0.25) is 0 Å². The zero-order valence-electron chi connectivity index (χ0n) is 10.6. The first-order valence-corrected chi connectivity index (χ1v) is 6.20. The molecule has 0 fully saturated rings. The third kappa shape index (κ3) is 10.2. The quantitative estimate of drug-likeness (QED) is 0.543. The van der Waals surface area contributed by atoms with E-state index in [9.17, 15) is 0 Å². The fraction of sp³-hybridized carbons (Fsp3) is 1.00. The predicted octanol–water partition coefficient (Wildman–Crippen LogP) is 1.47. The Morgan fingerprint density at radius 1 is 1.07 bits per heavy atom. The highest BCUT2D eigenvalue weighted by molar-refractivity contribution is 4.58. The molecule has 15 heavy (non-hydrogen) atoms. The lowest BCUT2D eigenvalue weighted by Gasteiger charge is -2.20. The first-order chi connectivity index (χ1) is 7.18. The number of rotatable bonds is 10. The van der Waals surface area contributed by atoms with Gasteiger partial charge < -0.3 is 15.3 Å². The second-order valence-corrected chi connectivity index (χ2v) is 4.46. The zero-order chi connectivity index (χ0) is 11.5. The average molecular weight is 216 g/mol. The van der Waals surface area contributed by atoms with Crippen molar-refractivity contribution in [1.82, 2.24) is 10.2 Å². The third-order valence-corrected chi connectivity index (χ3v) is 2.78. The van der Waals surface area contributed by atoms with Gasteiger partial charge in [-0.1, -0.05) is 12.8 Å². The van der Waals surface area contributed by atoms with Crippen molar-refractivity contribution in [3.05, 3.63) is 0 Å². The van der Waals surface area contributed by atoms with Crippen LogP contribution in [0.2, 0.25) is 0 Å². The molecule has 0 bridgehead atoms. The van der Waals surface area contributed by atoms with Crippen LogP contribution in [0.1, 0.15) is 39.5 Å². The van der Waals surface area contributed by atoms with Crippen molar-refractivity contribution in [2.24, 2.45) is 0 Å². The van der Waals surface area contributed by atoms with Crippen molar-refractivity contribution in [3.63, 3.8) is 0 Å². The molecule has 92 valence electrons. The molecular formula is C12H28N2O. The van der Waals surface area contributed by atoms with Gasteiger partial charge in [0.1, 0.15) is 0 Å². The van der Waals surface area contributed by atoms with E-state index in [1.165, 1.54) is 12.8 Å². The highest BCUT2D eigenvalue weighted by Gasteiger charge is 2.00. The van der Waals surface area contributed by atoms with E-state index in [0.717, 1.165) is 32.5 Å². The van der Waals surface area contributed by atoms with Crippen LogP contribution in [0.3, 0.4) is 0 Å². The Labute approximate surface area is 94.9 Å². The lowest BCUT2D eigenvalue weighted by molar-refractivity contribution is 0.272. The summed E-state index contributed by atoms with van der Waals surface area (Å²) in [6, 6.07) is 0.636. The van der Waals surface area contributed by atoms with Crippen molar-refractivity contribution in [3.8, 4) is 0 Å². The summed E-state index contributed by atoms with van der Waals surface area (Å²) in [5.41, 5.74) is 0. The van der Waals surface area contributed by atoms with E-state index >= 15 is 0 Å². The largest absolute Gasteiger partial charge is 0.396 e. The first-order valence-electron chi connectivity index (χ1n) is 6.20. The molecular weight excluding hydrogens is 188 g/mol. The summed E-state index contributed by atoms with van der Waals surface area (Å²) in [5, 5.41) is 12.0. The molecule has 2 N–H and O–H groups in total. The number of hydrogen-bond donors (Lipinski definition) is 2. The van der Waals surface area contributed by atoms with Gasteiger partial charge in [0.15, 0.2) is 0 Å². The van der Waals surface area contributed by atoms with Crippen LogP contribution >= 0.6 is 0 Å². The fourth-order valence-corrected chi connectivity index (χ4v) is 1.35. The minimum atomic E-state index is 0.340. The average Bonchev–Trinajstić information content (AvgIpc) is 2.21. The van der Waals surface area contributed by atoms with E-state index in [1.807, 2.05) is 0 Å². The topological polar surface area (TPSA) is 35.5 Å². The maximum atomic E-state index is 8.60. The normalized spacial score (nSPS) is 11.6. The van der Waals surface area contributed by atoms with Crippen molar-refractivity contribution in [1.29, 1.82) is 0 Å². The third-order valence-electron chi connectivity index (χ3n) is 2.78. The Hall–Kier alpha value is -0.120. The molecule has 3 heteroatoms. The molecule has 0 unspecified atom stereocenters. The molecule has 0 spiro atoms. The van der Waals surface area contributed by atoms with Gasteiger partial charge in [-0.25, -0.2) is 0 Å². The van der Waals surface area contributed by atoms with Gasteiger partial charge in [-0.3, -0.25) is 0 Å². The second kappa shape index (κ2) is 10.4. The Morgan fingerprint density at radius 3 is 2.33 bits per heavy atom. The van der Waals surface area contributed by atoms with Gasteiger partial charge in [-0.05, 0) is 40.3 Å². The number of nitrogens with one attached hydrogen (secondary N) is 1. The standard InChI is InChI=1S/C12H28N2O/c1-12(2)14(3)10-9-13-8-6-4-5-7-11-15/h12-13,15H,4-11H2,1-3H3. The van der Waals surface area contributed by atoms with Gasteiger partial charge in [0, 0.05) is 25.7 Å². The van der Waals surface area contributed by atoms with Gasteiger partial charge >= 0.3 is 0 Å². The van der Waals surface area contributed by atoms with Gasteiger partial charge in [-0.15, -0.1) is 0 Å². The molecule has 0 atom stereocenters. The number of nitrogens with zero attached hydrogens (tertiary/aromatic N) is 1. The molecule has 0 saturated heterocycles. The van der Waals surface area contributed by atoms with Crippen LogP contribution in [0.15, 0.2) is 0 Å². The summed E-state index contributed by atoms with van der Waals surface area (Å²) in [5.74, 6) is 0. The summed E-state index contributed by atoms with van der Waals surface area (Å²) in [7, 11) is 2.16. The SMILES string of the molecule is CC(C)N(C)CCNCCCCCCO. The highest BCUT2D eigenvalue weighted by atomic mass is 16.2. The van der Waals surface area contributed by atoms with Crippen LogP contribution in [-0.2, 0) is 0 Å². The Bertz CT molecular complexity index is 129. The number of likely N-dealkylation sites (N-methyl/N-ethyl adjacent to an activating group) is 1. The summed E-state index contributed by atoms with van der Waals surface area (Å²) in [4.78, 5) is 2.35. The maximum Gasteiger partial charge on any atom is 0.0431 e. The molecule has 0 rings (SSSR count). The fourth-order valence-electron chi connectivity index (χ4n) is 1.35. The minimum absolute atomic E-state index is 0.340. The molecule has 0 aromatic rings. The molecule has 0 aliphatic heterocycles. The number of aliphatic hydroxyl groups is 1. The van der Waals surface area contributed by atoms with Crippen LogP contribution in [-0.4, -0.2) is 49.3 Å². The molecule has 0 aliphatic rings. The lowest BCUT2D eigenvalue weighted by atomic mass is 10.2. The molecule has 0 aromatic carbocycles. The van der Waals surface area contributed by atoms with E-state index < -0.39 is 0 Å². The number of aliphatic hydroxyl groups excluding tert-OH is 1. The van der Waals surface area contributed by atoms with Gasteiger partial charge in [0.05, 0.1) is 0 Å². The molecule has 0 radical (unpaired) electrons. The Kier molecular flexibility index (Phi) is 10.3. The highest BCUT2D eigenvalue weighted by Crippen LogP contribution is 1.97. The van der Waals surface area contributed by atoms with Crippen molar-refractivity contribution >= 4 is 0 Å². The molecule has 3 nitrogen and oxygen atoms in total. The summed E-state index contributed by atoms with van der Waals surface area (Å²) in [6.45, 7) is 8.08. The molecule has 0 saturated carbocycles. The van der Waals surface area contributed by atoms with E-state index in [4.69, 9.17) is 5.11 Å². The van der Waals surface area contributed by atoms with Crippen molar-refractivity contribution in [2.45, 2.75) is 45.6 Å². The molecule has 0 heterocycles. The van der Waals surface area contributed by atoms with Crippen LogP contribution in [0, 0.1) is 0 Å². The van der Waals surface area contributed by atoms with Crippen molar-refractivity contribution in [2.75, 3.05) is 33.3 Å². The number of unbranched alkanes of at least 4 members (excludes halogenated alkanes) is 3. The Balaban J connectivity index is 3.05. The zero-order valence-corrected chi connectivity index (χ0v) is 10.6. The van der Waals surface area contributed by atoms with E-state index in [2.05, 4.69) is 31.1 Å². The lowest BCUT2D eigenvalue weighted by Crippen LogP contribution is -2.34. The van der Waals surface area contributed by atoms with Crippen LogP contribution < -0.4 is 5.32 Å². The molecule has 0 aromatic heterocycles. The summed E-state index contributed by atoms with van der Waals surface area (Å²) in [6.07, 6.45) is 4.57. The predicted molar refractivity (Wildman–Crippen MR) is 66.2 cm³/mol. The molecule has 0 amide bonds. The maximum absolute atomic E-state index is 8.60. The van der Waals surface area contributed by atoms with E-state index in [-0.39, 0.29) is 0 Å².